The minimum absolute atomic E-state index is 0.0548. The molecule has 2 aromatic rings. The van der Waals surface area contributed by atoms with Crippen LogP contribution >= 0.6 is 0 Å². The smallest absolute Gasteiger partial charge is 0.344 e. The van der Waals surface area contributed by atoms with Gasteiger partial charge < -0.3 is 9.47 Å². The number of carbonyl (C=O) groups excluding carboxylic acids is 1. The molecule has 0 aliphatic carbocycles. The Morgan fingerprint density at radius 2 is 1.89 bits per heavy atom. The van der Waals surface area contributed by atoms with Crippen molar-refractivity contribution >= 4 is 23.6 Å². The van der Waals surface area contributed by atoms with Crippen molar-refractivity contribution in [2.75, 3.05) is 6.61 Å². The predicted octanol–water partition coefficient (Wildman–Crippen LogP) is 4.29. The summed E-state index contributed by atoms with van der Waals surface area (Å²) in [6, 6.07) is 10.2. The lowest BCUT2D eigenvalue weighted by molar-refractivity contribution is -0.385. The molecule has 0 aromatic heterocycles. The molecule has 0 saturated carbocycles. The summed E-state index contributed by atoms with van der Waals surface area (Å²) in [4.78, 5) is 26.5. The van der Waals surface area contributed by atoms with Crippen LogP contribution in [-0.2, 0) is 9.53 Å². The highest BCUT2D eigenvalue weighted by Crippen LogP contribution is 2.27. The van der Waals surface area contributed by atoms with Crippen LogP contribution in [0.15, 0.2) is 41.4 Å². The molecule has 0 aliphatic heterocycles. The first-order valence-corrected chi connectivity index (χ1v) is 8.48. The van der Waals surface area contributed by atoms with Gasteiger partial charge in [-0.2, -0.15) is 0 Å². The number of esters is 1. The molecule has 0 unspecified atom stereocenters. The summed E-state index contributed by atoms with van der Waals surface area (Å²) in [6.07, 6.45) is 1.44. The monoisotopic (exact) mass is 370 g/mol. The molecule has 0 fully saturated rings. The fourth-order valence-corrected chi connectivity index (χ4v) is 2.32. The third-order valence-corrected chi connectivity index (χ3v) is 3.79. The van der Waals surface area contributed by atoms with Gasteiger partial charge in [-0.3, -0.25) is 15.1 Å². The maximum atomic E-state index is 11.5. The van der Waals surface area contributed by atoms with Crippen LogP contribution in [0.2, 0.25) is 0 Å². The van der Waals surface area contributed by atoms with Crippen molar-refractivity contribution in [3.05, 3.63) is 63.2 Å². The average Bonchev–Trinajstić information content (AvgIpc) is 2.61. The van der Waals surface area contributed by atoms with Crippen LogP contribution in [0.1, 0.15) is 30.5 Å². The van der Waals surface area contributed by atoms with Crippen LogP contribution in [0, 0.1) is 24.0 Å². The van der Waals surface area contributed by atoms with Crippen LogP contribution < -0.4 is 4.74 Å². The standard InChI is InChI=1S/C20H22N2O5/c1-13(2)27-20(23)12-26-18-7-5-16(6-8-18)11-21-17-9-14(3)15(4)19(10-17)22(24)25/h5-11,13H,12H2,1-4H3. The van der Waals surface area contributed by atoms with E-state index in [4.69, 9.17) is 9.47 Å². The van der Waals surface area contributed by atoms with E-state index in [0.717, 1.165) is 11.1 Å². The molecule has 0 heterocycles. The number of rotatable bonds is 7. The predicted molar refractivity (Wildman–Crippen MR) is 103 cm³/mol. The summed E-state index contributed by atoms with van der Waals surface area (Å²) in [5, 5.41) is 11.1. The molecule has 0 amide bonds. The summed E-state index contributed by atoms with van der Waals surface area (Å²) < 4.78 is 10.4. The van der Waals surface area contributed by atoms with E-state index in [1.165, 1.54) is 6.07 Å². The van der Waals surface area contributed by atoms with Gasteiger partial charge in [0, 0.05) is 17.8 Å². The largest absolute Gasteiger partial charge is 0.482 e. The Morgan fingerprint density at radius 3 is 2.48 bits per heavy atom. The first-order chi connectivity index (χ1) is 12.8. The van der Waals surface area contributed by atoms with Gasteiger partial charge in [0.05, 0.1) is 16.7 Å². The number of ether oxygens (including phenoxy) is 2. The summed E-state index contributed by atoms with van der Waals surface area (Å²) in [7, 11) is 0. The molecule has 2 rings (SSSR count). The summed E-state index contributed by atoms with van der Waals surface area (Å²) in [6.45, 7) is 6.93. The van der Waals surface area contributed by atoms with E-state index in [-0.39, 0.29) is 18.4 Å². The lowest BCUT2D eigenvalue weighted by Crippen LogP contribution is -2.18. The number of nitro groups is 1. The Kier molecular flexibility index (Phi) is 6.65. The van der Waals surface area contributed by atoms with E-state index in [2.05, 4.69) is 4.99 Å². The molecule has 0 spiro atoms. The molecule has 0 atom stereocenters. The fourth-order valence-electron chi connectivity index (χ4n) is 2.32. The second kappa shape index (κ2) is 8.93. The van der Waals surface area contributed by atoms with Gasteiger partial charge in [0.2, 0.25) is 0 Å². The molecular formula is C20H22N2O5. The van der Waals surface area contributed by atoms with E-state index in [9.17, 15) is 14.9 Å². The highest BCUT2D eigenvalue weighted by molar-refractivity contribution is 5.82. The van der Waals surface area contributed by atoms with Gasteiger partial charge in [0.25, 0.3) is 5.69 Å². The Bertz CT molecular complexity index is 857. The number of hydrogen-bond donors (Lipinski definition) is 0. The summed E-state index contributed by atoms with van der Waals surface area (Å²) >= 11 is 0. The second-order valence-electron chi connectivity index (χ2n) is 6.32. The lowest BCUT2D eigenvalue weighted by atomic mass is 10.1. The number of benzene rings is 2. The van der Waals surface area contributed by atoms with E-state index < -0.39 is 10.9 Å². The van der Waals surface area contributed by atoms with Gasteiger partial charge in [-0.05, 0) is 69.2 Å². The molecule has 0 bridgehead atoms. The third-order valence-electron chi connectivity index (χ3n) is 3.79. The zero-order valence-electron chi connectivity index (χ0n) is 15.8. The maximum Gasteiger partial charge on any atom is 0.344 e. The van der Waals surface area contributed by atoms with E-state index >= 15 is 0 Å². The molecule has 27 heavy (non-hydrogen) atoms. The van der Waals surface area contributed by atoms with E-state index in [1.807, 2.05) is 6.92 Å². The zero-order valence-corrected chi connectivity index (χ0v) is 15.8. The van der Waals surface area contributed by atoms with Crippen LogP contribution in [0.4, 0.5) is 11.4 Å². The molecule has 142 valence electrons. The lowest BCUT2D eigenvalue weighted by Gasteiger charge is -2.09. The van der Waals surface area contributed by atoms with E-state index in [0.29, 0.717) is 17.0 Å². The molecule has 2 aromatic carbocycles. The fraction of sp³-hybridized carbons (Fsp3) is 0.300. The molecule has 0 aliphatic rings. The highest BCUT2D eigenvalue weighted by atomic mass is 16.6. The van der Waals surface area contributed by atoms with Crippen molar-refractivity contribution in [2.24, 2.45) is 4.99 Å². The first kappa shape index (κ1) is 20.1. The Labute approximate surface area is 157 Å². The van der Waals surface area contributed by atoms with Crippen LogP contribution in [0.25, 0.3) is 0 Å². The number of aliphatic imine (C=N–C) groups is 1. The van der Waals surface area contributed by atoms with Crippen molar-refractivity contribution in [3.63, 3.8) is 0 Å². The molecule has 0 N–H and O–H groups in total. The van der Waals surface area contributed by atoms with E-state index in [1.54, 1.807) is 57.3 Å². The van der Waals surface area contributed by atoms with Crippen molar-refractivity contribution in [2.45, 2.75) is 33.8 Å². The highest BCUT2D eigenvalue weighted by Gasteiger charge is 2.13. The van der Waals surface area contributed by atoms with Gasteiger partial charge in [0.15, 0.2) is 6.61 Å². The van der Waals surface area contributed by atoms with Crippen LogP contribution in [0.5, 0.6) is 5.75 Å². The van der Waals surface area contributed by atoms with Crippen LogP contribution in [0.3, 0.4) is 0 Å². The van der Waals surface area contributed by atoms with Crippen LogP contribution in [-0.4, -0.2) is 29.8 Å². The Hall–Kier alpha value is -3.22. The number of nitrogens with zero attached hydrogens (tertiary/aromatic N) is 2. The second-order valence-corrected chi connectivity index (χ2v) is 6.32. The SMILES string of the molecule is Cc1cc(N=Cc2ccc(OCC(=O)OC(C)C)cc2)cc([N+](=O)[O-])c1C. The van der Waals surface area contributed by atoms with Gasteiger partial charge in [-0.1, -0.05) is 0 Å². The molecular weight excluding hydrogens is 348 g/mol. The van der Waals surface area contributed by atoms with Gasteiger partial charge >= 0.3 is 5.97 Å². The number of aryl methyl sites for hydroxylation is 1. The third kappa shape index (κ3) is 5.91. The first-order valence-electron chi connectivity index (χ1n) is 8.48. The summed E-state index contributed by atoms with van der Waals surface area (Å²) in [5.41, 5.74) is 2.82. The number of hydrogen-bond acceptors (Lipinski definition) is 6. The maximum absolute atomic E-state index is 11.5. The minimum atomic E-state index is -0.424. The Balaban J connectivity index is 2.04. The molecule has 7 nitrogen and oxygen atoms in total. The quantitative estimate of drug-likeness (QED) is 0.314. The number of nitro benzene ring substituents is 1. The minimum Gasteiger partial charge on any atom is -0.482 e. The van der Waals surface area contributed by atoms with Gasteiger partial charge in [-0.25, -0.2) is 4.79 Å². The summed E-state index contributed by atoms with van der Waals surface area (Å²) in [5.74, 6) is 0.113. The van der Waals surface area contributed by atoms with Crippen molar-refractivity contribution in [1.82, 2.24) is 0 Å². The zero-order chi connectivity index (χ0) is 20.0. The molecule has 7 heteroatoms. The number of carbonyl (C=O) groups is 1. The molecule has 0 radical (unpaired) electrons. The van der Waals surface area contributed by atoms with Gasteiger partial charge in [0.1, 0.15) is 5.75 Å². The topological polar surface area (TPSA) is 91.0 Å². The van der Waals surface area contributed by atoms with Crippen molar-refractivity contribution in [1.29, 1.82) is 0 Å². The Morgan fingerprint density at radius 1 is 1.22 bits per heavy atom. The van der Waals surface area contributed by atoms with Gasteiger partial charge in [-0.15, -0.1) is 0 Å². The molecule has 0 saturated heterocycles. The normalized spacial score (nSPS) is 11.0. The van der Waals surface area contributed by atoms with Crippen molar-refractivity contribution in [3.8, 4) is 5.75 Å². The average molecular weight is 370 g/mol. The van der Waals surface area contributed by atoms with Crippen molar-refractivity contribution < 1.29 is 19.2 Å².